The summed E-state index contributed by atoms with van der Waals surface area (Å²) >= 11 is 0. The maximum atomic E-state index is 12.6. The maximum Gasteiger partial charge on any atom is 0.337 e. The molecule has 0 N–H and O–H groups in total. The molecule has 1 saturated heterocycles. The van der Waals surface area contributed by atoms with Crippen molar-refractivity contribution in [1.29, 1.82) is 0 Å². The van der Waals surface area contributed by atoms with E-state index in [2.05, 4.69) is 0 Å². The molecule has 3 rings (SSSR count). The molecule has 0 saturated carbocycles. The van der Waals surface area contributed by atoms with E-state index in [0.717, 1.165) is 5.56 Å². The van der Waals surface area contributed by atoms with E-state index in [-0.39, 0.29) is 18.2 Å². The van der Waals surface area contributed by atoms with Crippen LogP contribution in [0.15, 0.2) is 54.6 Å². The number of esters is 1. The van der Waals surface area contributed by atoms with Crippen LogP contribution in [0.2, 0.25) is 0 Å². The molecule has 0 aliphatic carbocycles. The molecule has 0 aromatic heterocycles. The SMILES string of the molecule is COC(=O)c1cccc(CN2CCN(C(=O)c3ccccc3)CCC2=O)c1. The van der Waals surface area contributed by atoms with E-state index >= 15 is 0 Å². The first-order valence-electron chi connectivity index (χ1n) is 8.88. The molecule has 6 heteroatoms. The fraction of sp³-hybridized carbons (Fsp3) is 0.286. The molecule has 0 atom stereocenters. The Morgan fingerprint density at radius 1 is 0.963 bits per heavy atom. The summed E-state index contributed by atoms with van der Waals surface area (Å²) in [6, 6.07) is 16.2. The van der Waals surface area contributed by atoms with Crippen molar-refractivity contribution in [3.05, 3.63) is 71.3 Å². The lowest BCUT2D eigenvalue weighted by Gasteiger charge is -2.22. The fourth-order valence-corrected chi connectivity index (χ4v) is 3.14. The minimum absolute atomic E-state index is 0.00170. The van der Waals surface area contributed by atoms with Gasteiger partial charge in [-0.1, -0.05) is 30.3 Å². The molecule has 1 aliphatic heterocycles. The van der Waals surface area contributed by atoms with E-state index in [4.69, 9.17) is 4.74 Å². The summed E-state index contributed by atoms with van der Waals surface area (Å²) in [6.45, 7) is 1.75. The first-order valence-corrected chi connectivity index (χ1v) is 8.88. The van der Waals surface area contributed by atoms with Gasteiger partial charge in [0.2, 0.25) is 5.91 Å². The highest BCUT2D eigenvalue weighted by atomic mass is 16.5. The lowest BCUT2D eigenvalue weighted by molar-refractivity contribution is -0.130. The van der Waals surface area contributed by atoms with Crippen molar-refractivity contribution >= 4 is 17.8 Å². The van der Waals surface area contributed by atoms with Crippen molar-refractivity contribution in [2.45, 2.75) is 13.0 Å². The topological polar surface area (TPSA) is 66.9 Å². The number of ether oxygens (including phenoxy) is 1. The monoisotopic (exact) mass is 366 g/mol. The second-order valence-electron chi connectivity index (χ2n) is 6.42. The first-order chi connectivity index (χ1) is 13.1. The molecule has 2 aromatic carbocycles. The molecular formula is C21H22N2O4. The van der Waals surface area contributed by atoms with Crippen molar-refractivity contribution in [2.24, 2.45) is 0 Å². The van der Waals surface area contributed by atoms with Crippen LogP contribution in [0.4, 0.5) is 0 Å². The van der Waals surface area contributed by atoms with Gasteiger partial charge >= 0.3 is 5.97 Å². The normalized spacial score (nSPS) is 14.6. The molecular weight excluding hydrogens is 344 g/mol. The standard InChI is InChI=1S/C21H22N2O4/c1-27-21(26)18-9-5-6-16(14-18)15-23-13-12-22(11-10-19(23)24)20(25)17-7-3-2-4-8-17/h2-9,14H,10-13,15H2,1H3. The average molecular weight is 366 g/mol. The molecule has 1 heterocycles. The van der Waals surface area contributed by atoms with E-state index in [1.807, 2.05) is 24.3 Å². The number of hydrogen-bond donors (Lipinski definition) is 0. The Bertz CT molecular complexity index is 835. The van der Waals surface area contributed by atoms with Crippen LogP contribution in [0, 0.1) is 0 Å². The summed E-state index contributed by atoms with van der Waals surface area (Å²) in [5.74, 6) is -0.460. The molecule has 0 unspecified atom stereocenters. The molecule has 1 aliphatic rings. The summed E-state index contributed by atoms with van der Waals surface area (Å²) in [5.41, 5.74) is 1.94. The Hall–Kier alpha value is -3.15. The number of methoxy groups -OCH3 is 1. The van der Waals surface area contributed by atoms with Gasteiger partial charge in [-0.2, -0.15) is 0 Å². The number of benzene rings is 2. The van der Waals surface area contributed by atoms with Crippen LogP contribution in [-0.2, 0) is 16.1 Å². The number of nitrogens with zero attached hydrogens (tertiary/aromatic N) is 2. The summed E-state index contributed by atoms with van der Waals surface area (Å²) in [5, 5.41) is 0. The maximum absolute atomic E-state index is 12.6. The first kappa shape index (κ1) is 18.6. The van der Waals surface area contributed by atoms with E-state index in [1.54, 1.807) is 40.1 Å². The Kier molecular flexibility index (Phi) is 5.86. The van der Waals surface area contributed by atoms with Gasteiger partial charge in [-0.3, -0.25) is 9.59 Å². The van der Waals surface area contributed by atoms with E-state index in [9.17, 15) is 14.4 Å². The summed E-state index contributed by atoms with van der Waals surface area (Å²) in [4.78, 5) is 40.3. The van der Waals surface area contributed by atoms with Gasteiger partial charge in [-0.25, -0.2) is 4.79 Å². The highest BCUT2D eigenvalue weighted by Gasteiger charge is 2.24. The van der Waals surface area contributed by atoms with Gasteiger partial charge in [-0.15, -0.1) is 0 Å². The minimum Gasteiger partial charge on any atom is -0.465 e. The van der Waals surface area contributed by atoms with Crippen LogP contribution >= 0.6 is 0 Å². The molecule has 0 bridgehead atoms. The highest BCUT2D eigenvalue weighted by molar-refractivity contribution is 5.94. The zero-order valence-corrected chi connectivity index (χ0v) is 15.3. The van der Waals surface area contributed by atoms with E-state index < -0.39 is 5.97 Å². The predicted molar refractivity (Wildman–Crippen MR) is 100 cm³/mol. The van der Waals surface area contributed by atoms with Crippen molar-refractivity contribution < 1.29 is 19.1 Å². The molecule has 0 radical (unpaired) electrons. The summed E-state index contributed by atoms with van der Waals surface area (Å²) in [6.07, 6.45) is 0.287. The van der Waals surface area contributed by atoms with Crippen LogP contribution in [0.5, 0.6) is 0 Å². The number of carbonyl (C=O) groups excluding carboxylic acids is 3. The third kappa shape index (κ3) is 4.53. The number of hydrogen-bond acceptors (Lipinski definition) is 4. The van der Waals surface area contributed by atoms with Crippen molar-refractivity contribution in [3.8, 4) is 0 Å². The van der Waals surface area contributed by atoms with E-state index in [0.29, 0.717) is 37.3 Å². The van der Waals surface area contributed by atoms with Crippen molar-refractivity contribution in [1.82, 2.24) is 9.80 Å². The fourth-order valence-electron chi connectivity index (χ4n) is 3.14. The van der Waals surface area contributed by atoms with Crippen LogP contribution < -0.4 is 0 Å². The molecule has 6 nitrogen and oxygen atoms in total. The van der Waals surface area contributed by atoms with Gasteiger partial charge in [-0.05, 0) is 29.8 Å². The predicted octanol–water partition coefficient (Wildman–Crippen LogP) is 2.35. The van der Waals surface area contributed by atoms with Crippen molar-refractivity contribution in [3.63, 3.8) is 0 Å². The molecule has 2 amide bonds. The Morgan fingerprint density at radius 3 is 2.44 bits per heavy atom. The molecule has 2 aromatic rings. The number of amides is 2. The second kappa shape index (κ2) is 8.49. The third-order valence-corrected chi connectivity index (χ3v) is 4.62. The van der Waals surface area contributed by atoms with Crippen LogP contribution in [-0.4, -0.2) is 54.3 Å². The second-order valence-corrected chi connectivity index (χ2v) is 6.42. The molecule has 1 fully saturated rings. The van der Waals surface area contributed by atoms with Crippen LogP contribution in [0.3, 0.4) is 0 Å². The quantitative estimate of drug-likeness (QED) is 0.779. The smallest absolute Gasteiger partial charge is 0.337 e. The van der Waals surface area contributed by atoms with Gasteiger partial charge in [0.15, 0.2) is 0 Å². The van der Waals surface area contributed by atoms with Crippen molar-refractivity contribution in [2.75, 3.05) is 26.7 Å². The minimum atomic E-state index is -0.404. The van der Waals surface area contributed by atoms with Gasteiger partial charge in [0.25, 0.3) is 5.91 Å². The Morgan fingerprint density at radius 2 is 1.70 bits per heavy atom. The summed E-state index contributed by atoms with van der Waals surface area (Å²) in [7, 11) is 1.34. The Balaban J connectivity index is 1.67. The number of rotatable bonds is 4. The van der Waals surface area contributed by atoms with E-state index in [1.165, 1.54) is 7.11 Å². The zero-order valence-electron chi connectivity index (χ0n) is 15.3. The lowest BCUT2D eigenvalue weighted by Crippen LogP contribution is -2.35. The highest BCUT2D eigenvalue weighted by Crippen LogP contribution is 2.14. The third-order valence-electron chi connectivity index (χ3n) is 4.62. The number of carbonyl (C=O) groups is 3. The largest absolute Gasteiger partial charge is 0.465 e. The summed E-state index contributed by atoms with van der Waals surface area (Å²) < 4.78 is 4.74. The molecule has 27 heavy (non-hydrogen) atoms. The van der Waals surface area contributed by atoms with Crippen LogP contribution in [0.25, 0.3) is 0 Å². The van der Waals surface area contributed by atoms with Gasteiger partial charge in [0, 0.05) is 38.2 Å². The van der Waals surface area contributed by atoms with Crippen LogP contribution in [0.1, 0.15) is 32.7 Å². The average Bonchev–Trinajstić information content (AvgIpc) is 2.89. The zero-order chi connectivity index (χ0) is 19.2. The molecule has 140 valence electrons. The van der Waals surface area contributed by atoms with Gasteiger partial charge < -0.3 is 14.5 Å². The Labute approximate surface area is 158 Å². The molecule has 0 spiro atoms. The van der Waals surface area contributed by atoms with Gasteiger partial charge in [0.05, 0.1) is 12.7 Å². The van der Waals surface area contributed by atoms with Gasteiger partial charge in [0.1, 0.15) is 0 Å². The lowest BCUT2D eigenvalue weighted by atomic mass is 10.1.